The van der Waals surface area contributed by atoms with Crippen molar-refractivity contribution in [3.8, 4) is 10.6 Å². The van der Waals surface area contributed by atoms with Gasteiger partial charge in [-0.25, -0.2) is 9.50 Å². The van der Waals surface area contributed by atoms with Gasteiger partial charge >= 0.3 is 0 Å². The molecule has 1 fully saturated rings. The highest BCUT2D eigenvalue weighted by atomic mass is 32.1. The van der Waals surface area contributed by atoms with Crippen molar-refractivity contribution in [3.63, 3.8) is 0 Å². The maximum atomic E-state index is 13.5. The topological polar surface area (TPSA) is 135 Å². The van der Waals surface area contributed by atoms with E-state index in [0.29, 0.717) is 28.8 Å². The number of para-hydroxylation sites is 1. The number of hydrogen-bond donors (Lipinski definition) is 4. The molecule has 5 aromatic rings. The molecular formula is C30H33N9OS. The Morgan fingerprint density at radius 3 is 2.54 bits per heavy atom. The molecule has 1 aliphatic rings. The van der Waals surface area contributed by atoms with Gasteiger partial charge in [0.25, 0.3) is 5.91 Å². The van der Waals surface area contributed by atoms with E-state index < -0.39 is 0 Å². The minimum absolute atomic E-state index is 0.255. The molecule has 10 nitrogen and oxygen atoms in total. The van der Waals surface area contributed by atoms with E-state index in [1.54, 1.807) is 22.0 Å². The van der Waals surface area contributed by atoms with Crippen LogP contribution in [0.5, 0.6) is 0 Å². The van der Waals surface area contributed by atoms with E-state index in [1.807, 2.05) is 60.7 Å². The maximum Gasteiger partial charge on any atom is 0.276 e. The summed E-state index contributed by atoms with van der Waals surface area (Å²) < 4.78 is 1.60. The Kier molecular flexibility index (Phi) is 7.62. The molecule has 11 heteroatoms. The van der Waals surface area contributed by atoms with Crippen molar-refractivity contribution in [2.45, 2.75) is 57.5 Å². The second kappa shape index (κ2) is 11.6. The molecule has 0 aliphatic heterocycles. The number of nitrogens with zero attached hydrogens (tertiary/aromatic N) is 5. The average Bonchev–Trinajstić information content (AvgIpc) is 3.64. The number of rotatable bonds is 8. The van der Waals surface area contributed by atoms with Crippen LogP contribution in [0.2, 0.25) is 0 Å². The first kappa shape index (κ1) is 26.9. The van der Waals surface area contributed by atoms with E-state index in [1.165, 1.54) is 0 Å². The van der Waals surface area contributed by atoms with Crippen LogP contribution < -0.4 is 21.7 Å². The van der Waals surface area contributed by atoms with Crippen LogP contribution in [0.15, 0.2) is 66.9 Å². The van der Waals surface area contributed by atoms with Crippen LogP contribution >= 0.6 is 11.3 Å². The molecule has 1 amide bonds. The number of nitrogens with one attached hydrogen (secondary N) is 3. The lowest BCUT2D eigenvalue weighted by atomic mass is 9.92. The quantitative estimate of drug-likeness (QED) is 0.178. The van der Waals surface area contributed by atoms with Crippen molar-refractivity contribution < 1.29 is 4.79 Å². The van der Waals surface area contributed by atoms with Crippen LogP contribution in [0.4, 0.5) is 22.9 Å². The highest BCUT2D eigenvalue weighted by Crippen LogP contribution is 2.30. The molecule has 0 bridgehead atoms. The first-order valence-electron chi connectivity index (χ1n) is 13.9. The van der Waals surface area contributed by atoms with E-state index in [-0.39, 0.29) is 18.0 Å². The predicted molar refractivity (Wildman–Crippen MR) is 164 cm³/mol. The van der Waals surface area contributed by atoms with Crippen LogP contribution in [-0.2, 0) is 0 Å². The highest BCUT2D eigenvalue weighted by Gasteiger charge is 2.22. The third kappa shape index (κ3) is 6.06. The lowest BCUT2D eigenvalue weighted by Gasteiger charge is -2.27. The van der Waals surface area contributed by atoms with Crippen LogP contribution in [-0.4, -0.2) is 42.8 Å². The summed E-state index contributed by atoms with van der Waals surface area (Å²) >= 11 is 1.56. The van der Waals surface area contributed by atoms with Crippen molar-refractivity contribution in [1.29, 1.82) is 0 Å². The Balaban J connectivity index is 1.30. The molecule has 3 aromatic heterocycles. The van der Waals surface area contributed by atoms with E-state index in [9.17, 15) is 4.79 Å². The fourth-order valence-electron chi connectivity index (χ4n) is 4.95. The summed E-state index contributed by atoms with van der Waals surface area (Å²) in [6, 6.07) is 20.0. The minimum Gasteiger partial charge on any atom is -0.366 e. The summed E-state index contributed by atoms with van der Waals surface area (Å²) in [5, 5.41) is 25.2. The zero-order valence-corrected chi connectivity index (χ0v) is 23.9. The molecule has 0 radical (unpaired) electrons. The summed E-state index contributed by atoms with van der Waals surface area (Å²) in [6.07, 6.45) is 5.46. The Hall–Kier alpha value is -4.35. The van der Waals surface area contributed by atoms with E-state index in [0.717, 1.165) is 52.6 Å². The Morgan fingerprint density at radius 1 is 1.00 bits per heavy atom. The second-order valence-corrected chi connectivity index (χ2v) is 11.7. The zero-order chi connectivity index (χ0) is 28.3. The highest BCUT2D eigenvalue weighted by molar-refractivity contribution is 7.14. The summed E-state index contributed by atoms with van der Waals surface area (Å²) in [6.45, 7) is 4.19. The molecule has 2 aromatic carbocycles. The van der Waals surface area contributed by atoms with Gasteiger partial charge in [-0.2, -0.15) is 0 Å². The van der Waals surface area contributed by atoms with Gasteiger partial charge in [-0.3, -0.25) is 4.79 Å². The van der Waals surface area contributed by atoms with Gasteiger partial charge in [0.1, 0.15) is 15.8 Å². The monoisotopic (exact) mass is 567 g/mol. The maximum absolute atomic E-state index is 13.5. The van der Waals surface area contributed by atoms with Crippen LogP contribution in [0.1, 0.15) is 60.9 Å². The van der Waals surface area contributed by atoms with Gasteiger partial charge in [0.2, 0.25) is 0 Å². The van der Waals surface area contributed by atoms with Gasteiger partial charge < -0.3 is 21.7 Å². The molecule has 210 valence electrons. The molecule has 5 N–H and O–H groups in total. The van der Waals surface area contributed by atoms with Gasteiger partial charge in [0.05, 0.1) is 11.9 Å². The van der Waals surface area contributed by atoms with Gasteiger partial charge in [-0.05, 0) is 49.9 Å². The number of nitrogens with two attached hydrogens (primary N) is 1. The molecule has 41 heavy (non-hydrogen) atoms. The SMILES string of the molecule is CC(C)c1nnc(-c2cccc(NC(=O)c3cnc4c(Nc5ccccc5)cc(N[C@H]5CC[C@H](N)CC5)nn34)c2)s1. The first-order valence-corrected chi connectivity index (χ1v) is 14.7. The van der Waals surface area contributed by atoms with Crippen LogP contribution in [0, 0.1) is 0 Å². The molecule has 6 rings (SSSR count). The number of carbonyl (C=O) groups excluding carboxylic acids is 1. The van der Waals surface area contributed by atoms with Gasteiger partial charge in [-0.1, -0.05) is 55.5 Å². The van der Waals surface area contributed by atoms with E-state index in [2.05, 4.69) is 45.0 Å². The fraction of sp³-hybridized carbons (Fsp3) is 0.300. The summed E-state index contributed by atoms with van der Waals surface area (Å²) in [5.74, 6) is 0.666. The molecule has 0 saturated heterocycles. The minimum atomic E-state index is -0.311. The number of amides is 1. The number of fused-ring (bicyclic) bond motifs is 1. The number of hydrogen-bond acceptors (Lipinski definition) is 9. The molecule has 1 aliphatic carbocycles. The lowest BCUT2D eigenvalue weighted by Crippen LogP contribution is -2.33. The molecular weight excluding hydrogens is 534 g/mol. The van der Waals surface area contributed by atoms with Crippen molar-refractivity contribution in [3.05, 3.63) is 77.6 Å². The number of imidazole rings is 1. The van der Waals surface area contributed by atoms with E-state index in [4.69, 9.17) is 10.8 Å². The van der Waals surface area contributed by atoms with Gasteiger partial charge in [0.15, 0.2) is 11.3 Å². The Morgan fingerprint density at radius 2 is 1.78 bits per heavy atom. The van der Waals surface area contributed by atoms with Gasteiger partial charge in [-0.15, -0.1) is 15.3 Å². The molecule has 0 unspecified atom stereocenters. The normalized spacial score (nSPS) is 17.1. The third-order valence-electron chi connectivity index (χ3n) is 7.18. The van der Waals surface area contributed by atoms with Crippen LogP contribution in [0.3, 0.4) is 0 Å². The lowest BCUT2D eigenvalue weighted by molar-refractivity contribution is 0.102. The van der Waals surface area contributed by atoms with Gasteiger partial charge in [0, 0.05) is 41.0 Å². The van der Waals surface area contributed by atoms with Crippen molar-refractivity contribution in [2.24, 2.45) is 5.73 Å². The molecule has 3 heterocycles. The molecule has 0 spiro atoms. The molecule has 0 atom stereocenters. The second-order valence-electron chi connectivity index (χ2n) is 10.7. The fourth-order valence-corrected chi connectivity index (χ4v) is 5.79. The van der Waals surface area contributed by atoms with Crippen molar-refractivity contribution in [1.82, 2.24) is 24.8 Å². The summed E-state index contributed by atoms with van der Waals surface area (Å²) in [4.78, 5) is 18.1. The zero-order valence-electron chi connectivity index (χ0n) is 23.0. The largest absolute Gasteiger partial charge is 0.366 e. The van der Waals surface area contributed by atoms with Crippen molar-refractivity contribution >= 4 is 45.8 Å². The predicted octanol–water partition coefficient (Wildman–Crippen LogP) is 6.05. The Bertz CT molecular complexity index is 1660. The standard InChI is InChI=1S/C30H33N9OS/c1-18(2)29-36-37-30(41-29)19-7-6-10-23(15-19)35-28(40)25-17-32-27-24(33-21-8-4-3-5-9-21)16-26(38-39(25)27)34-22-13-11-20(31)12-14-22/h3-10,15-18,20,22,33H,11-14,31H2,1-2H3,(H,34,38)(H,35,40)/t20-,22-. The summed E-state index contributed by atoms with van der Waals surface area (Å²) in [7, 11) is 0. The summed E-state index contributed by atoms with van der Waals surface area (Å²) in [5.41, 5.74) is 10.2. The van der Waals surface area contributed by atoms with Crippen molar-refractivity contribution in [2.75, 3.05) is 16.0 Å². The number of carbonyl (C=O) groups is 1. The smallest absolute Gasteiger partial charge is 0.276 e. The number of benzene rings is 2. The van der Waals surface area contributed by atoms with Crippen LogP contribution in [0.25, 0.3) is 16.2 Å². The Labute approximate surface area is 242 Å². The number of aromatic nitrogens is 5. The van der Waals surface area contributed by atoms with E-state index >= 15 is 0 Å². The molecule has 1 saturated carbocycles. The number of anilines is 4. The third-order valence-corrected chi connectivity index (χ3v) is 8.45. The first-order chi connectivity index (χ1) is 19.9. The average molecular weight is 568 g/mol.